The quantitative estimate of drug-likeness (QED) is 0.377. The SMILES string of the molecule is Cn1cc(-c2nc(-c3c[nH]c4ncc(F)cc34)nc(N[C@H]3C4CCCC(C4)C[C@@H]3C(=O)O)c2F)cn1. The zero-order valence-corrected chi connectivity index (χ0v) is 19.6. The van der Waals surface area contributed by atoms with Crippen LogP contribution in [0.4, 0.5) is 14.6 Å². The van der Waals surface area contributed by atoms with Crippen molar-refractivity contribution in [1.82, 2.24) is 29.7 Å². The van der Waals surface area contributed by atoms with Gasteiger partial charge in [-0.15, -0.1) is 0 Å². The molecule has 186 valence electrons. The molecule has 3 N–H and O–H groups in total. The van der Waals surface area contributed by atoms with E-state index in [0.29, 0.717) is 34.5 Å². The Morgan fingerprint density at radius 2 is 2.08 bits per heavy atom. The summed E-state index contributed by atoms with van der Waals surface area (Å²) in [7, 11) is 1.72. The zero-order valence-electron chi connectivity index (χ0n) is 19.6. The second-order valence-electron chi connectivity index (χ2n) is 9.86. The number of aromatic nitrogens is 6. The summed E-state index contributed by atoms with van der Waals surface area (Å²) in [6.07, 6.45) is 10.3. The number of carbonyl (C=O) groups is 1. The number of aryl methyl sites for hydroxylation is 1. The van der Waals surface area contributed by atoms with E-state index in [4.69, 9.17) is 0 Å². The van der Waals surface area contributed by atoms with Crippen molar-refractivity contribution in [3.63, 3.8) is 0 Å². The van der Waals surface area contributed by atoms with E-state index >= 15 is 4.39 Å². The van der Waals surface area contributed by atoms with Gasteiger partial charge in [-0.05, 0) is 37.2 Å². The van der Waals surface area contributed by atoms with Gasteiger partial charge >= 0.3 is 5.97 Å². The highest BCUT2D eigenvalue weighted by Crippen LogP contribution is 2.44. The molecule has 2 fully saturated rings. The summed E-state index contributed by atoms with van der Waals surface area (Å²) >= 11 is 0. The second kappa shape index (κ2) is 8.65. The molecular weight excluding hydrogens is 468 g/mol. The van der Waals surface area contributed by atoms with E-state index in [1.807, 2.05) is 0 Å². The first-order chi connectivity index (χ1) is 17.4. The van der Waals surface area contributed by atoms with Crippen LogP contribution in [0, 0.1) is 29.4 Å². The molecule has 2 bridgehead atoms. The molecule has 9 nitrogen and oxygen atoms in total. The van der Waals surface area contributed by atoms with Crippen LogP contribution in [-0.4, -0.2) is 46.8 Å². The minimum atomic E-state index is -0.885. The van der Waals surface area contributed by atoms with Gasteiger partial charge in [-0.25, -0.2) is 23.7 Å². The standard InChI is InChI=1S/C25H25F2N7O2/c1-34-11-14(8-30-34)21-19(27)24(31-20-13-4-2-3-12(5-13)6-17(20)25(35)36)33-23(32-21)18-10-29-22-16(18)7-15(26)9-28-22/h7-13,17,20H,2-6H2,1H3,(H,28,29)(H,35,36)(H,31,32,33)/t12?,13?,17-,20-/m0/s1. The Labute approximate surface area is 205 Å². The van der Waals surface area contributed by atoms with Crippen LogP contribution in [0.3, 0.4) is 0 Å². The van der Waals surface area contributed by atoms with Gasteiger partial charge in [-0.3, -0.25) is 9.48 Å². The number of halogens is 2. The molecule has 0 radical (unpaired) electrons. The minimum absolute atomic E-state index is 0.0264. The first kappa shape index (κ1) is 22.6. The Bertz CT molecular complexity index is 1470. The molecule has 2 aliphatic carbocycles. The number of rotatable bonds is 5. The van der Waals surface area contributed by atoms with Crippen molar-refractivity contribution in [2.45, 2.75) is 38.1 Å². The molecule has 2 aliphatic rings. The minimum Gasteiger partial charge on any atom is -0.481 e. The Hall–Kier alpha value is -3.89. The molecule has 0 amide bonds. The Morgan fingerprint density at radius 3 is 2.86 bits per heavy atom. The number of nitrogens with one attached hydrogen (secondary N) is 2. The Balaban J connectivity index is 1.48. The third kappa shape index (κ3) is 3.88. The number of anilines is 1. The first-order valence-electron chi connectivity index (χ1n) is 12.1. The van der Waals surface area contributed by atoms with Crippen molar-refractivity contribution >= 4 is 22.8 Å². The van der Waals surface area contributed by atoms with Gasteiger partial charge in [0.25, 0.3) is 0 Å². The summed E-state index contributed by atoms with van der Waals surface area (Å²) in [4.78, 5) is 28.2. The number of hydrogen-bond donors (Lipinski definition) is 3. The molecule has 0 aromatic carbocycles. The van der Waals surface area contributed by atoms with E-state index in [9.17, 15) is 14.3 Å². The summed E-state index contributed by atoms with van der Waals surface area (Å²) in [5, 5.41) is 17.7. The summed E-state index contributed by atoms with van der Waals surface area (Å²) in [6.45, 7) is 0. The molecule has 4 atom stereocenters. The van der Waals surface area contributed by atoms with E-state index in [1.165, 1.54) is 12.3 Å². The maximum absolute atomic E-state index is 15.9. The van der Waals surface area contributed by atoms with E-state index in [1.54, 1.807) is 24.1 Å². The highest BCUT2D eigenvalue weighted by atomic mass is 19.1. The van der Waals surface area contributed by atoms with Gasteiger partial charge in [0.1, 0.15) is 17.2 Å². The number of H-pyrrole nitrogens is 1. The van der Waals surface area contributed by atoms with E-state index in [2.05, 4.69) is 30.4 Å². The van der Waals surface area contributed by atoms with Crippen LogP contribution in [0.5, 0.6) is 0 Å². The third-order valence-corrected chi connectivity index (χ3v) is 7.54. The van der Waals surface area contributed by atoms with Gasteiger partial charge in [0.05, 0.1) is 18.3 Å². The van der Waals surface area contributed by atoms with Gasteiger partial charge in [0.2, 0.25) is 0 Å². The van der Waals surface area contributed by atoms with Crippen LogP contribution in [0.1, 0.15) is 32.1 Å². The van der Waals surface area contributed by atoms with Crippen LogP contribution >= 0.6 is 0 Å². The molecule has 6 rings (SSSR count). The fourth-order valence-corrected chi connectivity index (χ4v) is 5.90. The fraction of sp³-hybridized carbons (Fsp3) is 0.400. The van der Waals surface area contributed by atoms with Crippen LogP contribution in [-0.2, 0) is 11.8 Å². The third-order valence-electron chi connectivity index (χ3n) is 7.54. The molecule has 4 aromatic rings. The van der Waals surface area contributed by atoms with Crippen LogP contribution < -0.4 is 5.32 Å². The number of carboxylic acids is 1. The van der Waals surface area contributed by atoms with Gasteiger partial charge in [-0.1, -0.05) is 12.8 Å². The van der Waals surface area contributed by atoms with Crippen molar-refractivity contribution in [2.24, 2.45) is 24.8 Å². The molecule has 0 saturated heterocycles. The molecule has 0 spiro atoms. The normalized spacial score (nSPS) is 23.6. The molecule has 2 saturated carbocycles. The molecule has 4 heterocycles. The van der Waals surface area contributed by atoms with Gasteiger partial charge in [0, 0.05) is 42.0 Å². The van der Waals surface area contributed by atoms with Crippen molar-refractivity contribution in [3.05, 3.63) is 42.5 Å². The maximum atomic E-state index is 15.9. The average molecular weight is 494 g/mol. The van der Waals surface area contributed by atoms with Crippen molar-refractivity contribution in [1.29, 1.82) is 0 Å². The zero-order chi connectivity index (χ0) is 25.0. The average Bonchev–Trinajstić information content (AvgIpc) is 3.47. The van der Waals surface area contributed by atoms with Gasteiger partial charge in [-0.2, -0.15) is 5.10 Å². The van der Waals surface area contributed by atoms with Crippen LogP contribution in [0.25, 0.3) is 33.7 Å². The van der Waals surface area contributed by atoms with E-state index in [-0.39, 0.29) is 23.3 Å². The molecule has 36 heavy (non-hydrogen) atoms. The Kier molecular flexibility index (Phi) is 5.42. The number of hydrogen-bond acceptors (Lipinski definition) is 6. The maximum Gasteiger partial charge on any atom is 0.308 e. The summed E-state index contributed by atoms with van der Waals surface area (Å²) in [6, 6.07) is 0.863. The number of fused-ring (bicyclic) bond motifs is 3. The number of aliphatic carboxylic acids is 1. The predicted octanol–water partition coefficient (Wildman–Crippen LogP) is 4.39. The molecule has 0 aliphatic heterocycles. The topological polar surface area (TPSA) is 122 Å². The van der Waals surface area contributed by atoms with Crippen LogP contribution in [0.2, 0.25) is 0 Å². The summed E-state index contributed by atoms with van der Waals surface area (Å²) in [5.74, 6) is -2.13. The highest BCUT2D eigenvalue weighted by molar-refractivity contribution is 5.92. The lowest BCUT2D eigenvalue weighted by Gasteiger charge is -2.44. The summed E-state index contributed by atoms with van der Waals surface area (Å²) < 4.78 is 31.5. The predicted molar refractivity (Wildman–Crippen MR) is 128 cm³/mol. The number of pyridine rings is 1. The van der Waals surface area contributed by atoms with Gasteiger partial charge < -0.3 is 15.4 Å². The Morgan fingerprint density at radius 1 is 1.22 bits per heavy atom. The van der Waals surface area contributed by atoms with Crippen molar-refractivity contribution < 1.29 is 18.7 Å². The van der Waals surface area contributed by atoms with Crippen molar-refractivity contribution in [2.75, 3.05) is 5.32 Å². The molecule has 2 unspecified atom stereocenters. The fourth-order valence-electron chi connectivity index (χ4n) is 5.90. The highest BCUT2D eigenvalue weighted by Gasteiger charge is 2.43. The smallest absolute Gasteiger partial charge is 0.308 e. The van der Waals surface area contributed by atoms with E-state index < -0.39 is 29.6 Å². The monoisotopic (exact) mass is 493 g/mol. The molecule has 11 heteroatoms. The lowest BCUT2D eigenvalue weighted by atomic mass is 9.65. The second-order valence-corrected chi connectivity index (χ2v) is 9.86. The lowest BCUT2D eigenvalue weighted by molar-refractivity contribution is -0.145. The van der Waals surface area contributed by atoms with Crippen molar-refractivity contribution in [3.8, 4) is 22.6 Å². The van der Waals surface area contributed by atoms with Crippen LogP contribution in [0.15, 0.2) is 30.9 Å². The largest absolute Gasteiger partial charge is 0.481 e. The van der Waals surface area contributed by atoms with Gasteiger partial charge in [0.15, 0.2) is 17.5 Å². The van der Waals surface area contributed by atoms with E-state index in [0.717, 1.165) is 31.9 Å². The lowest BCUT2D eigenvalue weighted by Crippen LogP contribution is -2.47. The molecule has 4 aromatic heterocycles. The summed E-state index contributed by atoms with van der Waals surface area (Å²) in [5.41, 5.74) is 1.38. The first-order valence-corrected chi connectivity index (χ1v) is 12.1. The number of nitrogens with zero attached hydrogens (tertiary/aromatic N) is 5. The number of carboxylic acid groups (broad SMARTS) is 1. The number of aromatic amines is 1. The molecular formula is C25H25F2N7O2.